The lowest BCUT2D eigenvalue weighted by molar-refractivity contribution is -0.132. The number of amides is 1. The summed E-state index contributed by atoms with van der Waals surface area (Å²) in [4.78, 5) is 20.0. The van der Waals surface area contributed by atoms with Crippen LogP contribution in [0.5, 0.6) is 0 Å². The molecule has 0 aliphatic carbocycles. The smallest absolute Gasteiger partial charge is 0.223 e. The molecule has 6 heteroatoms. The Morgan fingerprint density at radius 3 is 2.84 bits per heavy atom. The summed E-state index contributed by atoms with van der Waals surface area (Å²) < 4.78 is 2.27. The predicted octanol–water partition coefficient (Wildman–Crippen LogP) is 4.44. The Bertz CT molecular complexity index is 1230. The number of aromatic nitrogens is 4. The van der Waals surface area contributed by atoms with E-state index in [9.17, 15) is 4.79 Å². The van der Waals surface area contributed by atoms with Crippen LogP contribution in [0, 0.1) is 5.92 Å². The summed E-state index contributed by atoms with van der Waals surface area (Å²) in [5.74, 6) is 0.824. The molecule has 2 aromatic carbocycles. The molecule has 1 amide bonds. The van der Waals surface area contributed by atoms with Crippen molar-refractivity contribution >= 4 is 16.9 Å². The van der Waals surface area contributed by atoms with Crippen LogP contribution in [0.25, 0.3) is 22.2 Å². The van der Waals surface area contributed by atoms with Crippen molar-refractivity contribution in [3.05, 3.63) is 72.8 Å². The van der Waals surface area contributed by atoms with E-state index >= 15 is 0 Å². The van der Waals surface area contributed by atoms with Gasteiger partial charge in [0.1, 0.15) is 0 Å². The van der Waals surface area contributed by atoms with Crippen LogP contribution in [0.3, 0.4) is 0 Å². The molecular formula is C26H27N5O. The number of imidazole rings is 1. The molecular weight excluding hydrogens is 398 g/mol. The number of nitrogens with zero attached hydrogens (tertiary/aromatic N) is 4. The van der Waals surface area contributed by atoms with Crippen LogP contribution in [0.2, 0.25) is 0 Å². The second-order valence-corrected chi connectivity index (χ2v) is 9.17. The van der Waals surface area contributed by atoms with Crippen molar-refractivity contribution in [1.29, 1.82) is 0 Å². The first-order chi connectivity index (χ1) is 15.8. The molecule has 4 heterocycles. The Morgan fingerprint density at radius 1 is 1.09 bits per heavy atom. The Labute approximate surface area is 187 Å². The molecule has 2 aliphatic heterocycles. The minimum atomic E-state index is 0.323. The summed E-state index contributed by atoms with van der Waals surface area (Å²) in [6.45, 7) is 0.922. The topological polar surface area (TPSA) is 66.8 Å². The Kier molecular flexibility index (Phi) is 4.78. The highest BCUT2D eigenvalue weighted by Crippen LogP contribution is 2.43. The van der Waals surface area contributed by atoms with Gasteiger partial charge in [0.2, 0.25) is 5.91 Å². The standard InChI is InChI=1S/C26H27N5O/c32-26(11-6-18-4-2-1-3-5-18)31-22-8-10-24(31)20(12-22)16-30-17-27-23-13-19(7-9-25(23)30)21-14-28-29-15-21/h1-5,7,9,13-15,17,20,22,24H,6,8,10-12,16H2,(H,28,29). The molecule has 6 nitrogen and oxygen atoms in total. The van der Waals surface area contributed by atoms with Crippen molar-refractivity contribution in [2.45, 2.75) is 50.7 Å². The van der Waals surface area contributed by atoms with Gasteiger partial charge in [0.25, 0.3) is 0 Å². The van der Waals surface area contributed by atoms with Gasteiger partial charge in [-0.05, 0) is 54.9 Å². The van der Waals surface area contributed by atoms with Crippen molar-refractivity contribution in [3.8, 4) is 11.1 Å². The Balaban J connectivity index is 1.15. The molecule has 6 rings (SSSR count). The molecule has 0 radical (unpaired) electrons. The van der Waals surface area contributed by atoms with Crippen molar-refractivity contribution < 1.29 is 4.79 Å². The van der Waals surface area contributed by atoms with Crippen LogP contribution in [0.1, 0.15) is 31.2 Å². The molecule has 1 N–H and O–H groups in total. The van der Waals surface area contributed by atoms with Crippen molar-refractivity contribution in [3.63, 3.8) is 0 Å². The average Bonchev–Trinajstić information content (AvgIpc) is 3.62. The van der Waals surface area contributed by atoms with Gasteiger partial charge in [-0.15, -0.1) is 0 Å². The van der Waals surface area contributed by atoms with Crippen LogP contribution in [0.4, 0.5) is 0 Å². The van der Waals surface area contributed by atoms with Crippen LogP contribution in [-0.2, 0) is 17.8 Å². The molecule has 32 heavy (non-hydrogen) atoms. The van der Waals surface area contributed by atoms with Crippen LogP contribution >= 0.6 is 0 Å². The number of aryl methyl sites for hydroxylation is 1. The first-order valence-corrected chi connectivity index (χ1v) is 11.6. The van der Waals surface area contributed by atoms with Crippen molar-refractivity contribution in [1.82, 2.24) is 24.6 Å². The highest BCUT2D eigenvalue weighted by atomic mass is 16.2. The molecule has 2 saturated heterocycles. The number of aromatic amines is 1. The maximum atomic E-state index is 13.1. The lowest BCUT2D eigenvalue weighted by atomic mass is 9.89. The summed E-state index contributed by atoms with van der Waals surface area (Å²) >= 11 is 0. The normalized spacial score (nSPS) is 22.1. The third-order valence-corrected chi connectivity index (χ3v) is 7.31. The van der Waals surface area contributed by atoms with Crippen molar-refractivity contribution in [2.75, 3.05) is 0 Å². The van der Waals surface area contributed by atoms with E-state index < -0.39 is 0 Å². The minimum absolute atomic E-state index is 0.323. The third kappa shape index (κ3) is 3.40. The van der Waals surface area contributed by atoms with Crippen LogP contribution in [0.15, 0.2) is 67.3 Å². The lowest BCUT2D eigenvalue weighted by Crippen LogP contribution is -2.37. The van der Waals surface area contributed by atoms with E-state index in [-0.39, 0.29) is 0 Å². The summed E-state index contributed by atoms with van der Waals surface area (Å²) in [5, 5.41) is 6.91. The van der Waals surface area contributed by atoms with Gasteiger partial charge in [0.15, 0.2) is 0 Å². The van der Waals surface area contributed by atoms with E-state index in [1.165, 1.54) is 5.56 Å². The highest BCUT2D eigenvalue weighted by Gasteiger charge is 2.48. The fourth-order valence-electron chi connectivity index (χ4n) is 5.77. The Morgan fingerprint density at radius 2 is 2.00 bits per heavy atom. The number of carbonyl (C=O) groups is 1. The second kappa shape index (κ2) is 7.93. The van der Waals surface area contributed by atoms with Gasteiger partial charge in [0.05, 0.1) is 23.6 Å². The SMILES string of the molecule is O=C(CCc1ccccc1)N1C2CCC1C(Cn1cnc3cc(-c4cn[nH]c4)ccc31)C2. The predicted molar refractivity (Wildman–Crippen MR) is 124 cm³/mol. The van der Waals surface area contributed by atoms with E-state index in [1.54, 1.807) is 0 Å². The Hall–Kier alpha value is -3.41. The second-order valence-electron chi connectivity index (χ2n) is 9.17. The van der Waals surface area contributed by atoms with Gasteiger partial charge in [-0.2, -0.15) is 5.10 Å². The minimum Gasteiger partial charge on any atom is -0.336 e. The van der Waals surface area contributed by atoms with E-state index in [1.807, 2.05) is 36.9 Å². The lowest BCUT2D eigenvalue weighted by Gasteiger charge is -2.25. The number of hydrogen-bond donors (Lipinski definition) is 1. The maximum Gasteiger partial charge on any atom is 0.223 e. The van der Waals surface area contributed by atoms with Gasteiger partial charge in [0, 0.05) is 36.8 Å². The molecule has 3 atom stereocenters. The summed E-state index contributed by atoms with van der Waals surface area (Å²) in [6.07, 6.45) is 10.5. The van der Waals surface area contributed by atoms with Gasteiger partial charge in [-0.25, -0.2) is 4.98 Å². The van der Waals surface area contributed by atoms with E-state index in [0.717, 1.165) is 54.4 Å². The maximum absolute atomic E-state index is 13.1. The molecule has 0 saturated carbocycles. The van der Waals surface area contributed by atoms with Gasteiger partial charge in [-0.3, -0.25) is 9.89 Å². The number of carbonyl (C=O) groups excluding carboxylic acids is 1. The number of nitrogens with one attached hydrogen (secondary N) is 1. The number of hydrogen-bond acceptors (Lipinski definition) is 3. The molecule has 4 aromatic rings. The zero-order valence-electron chi connectivity index (χ0n) is 18.0. The fraction of sp³-hybridized carbons (Fsp3) is 0.346. The zero-order valence-corrected chi connectivity index (χ0v) is 18.0. The number of H-pyrrole nitrogens is 1. The molecule has 2 fully saturated rings. The third-order valence-electron chi connectivity index (χ3n) is 7.31. The number of fused-ring (bicyclic) bond motifs is 3. The average molecular weight is 426 g/mol. The number of rotatable bonds is 6. The molecule has 162 valence electrons. The van der Waals surface area contributed by atoms with Crippen LogP contribution < -0.4 is 0 Å². The van der Waals surface area contributed by atoms with E-state index in [0.29, 0.717) is 30.3 Å². The summed E-state index contributed by atoms with van der Waals surface area (Å²) in [5.41, 5.74) is 5.58. The molecule has 0 spiro atoms. The molecule has 2 bridgehead atoms. The number of benzene rings is 2. The molecule has 2 aromatic heterocycles. The highest BCUT2D eigenvalue weighted by molar-refractivity contribution is 5.82. The van der Waals surface area contributed by atoms with Gasteiger partial charge in [-0.1, -0.05) is 36.4 Å². The monoisotopic (exact) mass is 425 g/mol. The largest absolute Gasteiger partial charge is 0.336 e. The summed E-state index contributed by atoms with van der Waals surface area (Å²) in [7, 11) is 0. The van der Waals surface area contributed by atoms with Gasteiger partial charge < -0.3 is 9.47 Å². The van der Waals surface area contributed by atoms with Gasteiger partial charge >= 0.3 is 0 Å². The van der Waals surface area contributed by atoms with Crippen molar-refractivity contribution in [2.24, 2.45) is 5.92 Å². The first-order valence-electron chi connectivity index (χ1n) is 11.6. The van der Waals surface area contributed by atoms with E-state index in [2.05, 4.69) is 55.0 Å². The molecule has 3 unspecified atom stereocenters. The van der Waals surface area contributed by atoms with Crippen LogP contribution in [-0.4, -0.2) is 42.6 Å². The first kappa shape index (κ1) is 19.3. The molecule has 2 aliphatic rings. The zero-order chi connectivity index (χ0) is 21.5. The quantitative estimate of drug-likeness (QED) is 0.497. The fourth-order valence-corrected chi connectivity index (χ4v) is 5.77. The summed E-state index contributed by atoms with van der Waals surface area (Å²) in [6, 6.07) is 17.5. The van der Waals surface area contributed by atoms with E-state index in [4.69, 9.17) is 0 Å².